The number of hydrogen-bond acceptors (Lipinski definition) is 2. The molecule has 1 heterocycles. The molecule has 1 aliphatic rings. The number of benzene rings is 1. The van der Waals surface area contributed by atoms with Crippen molar-refractivity contribution in [3.05, 3.63) is 34.9 Å². The van der Waals surface area contributed by atoms with Gasteiger partial charge in [0.1, 0.15) is 5.75 Å². The summed E-state index contributed by atoms with van der Waals surface area (Å²) in [4.78, 5) is 0. The molecule has 2 N–H and O–H groups in total. The van der Waals surface area contributed by atoms with E-state index in [4.69, 9.17) is 10.5 Å². The first-order valence-corrected chi connectivity index (χ1v) is 4.92. The zero-order chi connectivity index (χ0) is 9.97. The zero-order valence-corrected chi connectivity index (χ0v) is 8.42. The van der Waals surface area contributed by atoms with Crippen LogP contribution < -0.4 is 10.5 Å². The molecular formula is C12H15NO. The monoisotopic (exact) mass is 189 g/mol. The Morgan fingerprint density at radius 3 is 3.21 bits per heavy atom. The summed E-state index contributed by atoms with van der Waals surface area (Å²) in [6.45, 7) is 3.48. The summed E-state index contributed by atoms with van der Waals surface area (Å²) in [6.07, 6.45) is 3.15. The van der Waals surface area contributed by atoms with Crippen molar-refractivity contribution in [2.75, 3.05) is 13.2 Å². The van der Waals surface area contributed by atoms with Crippen molar-refractivity contribution < 1.29 is 4.74 Å². The van der Waals surface area contributed by atoms with E-state index in [1.165, 1.54) is 16.7 Å². The van der Waals surface area contributed by atoms with Crippen molar-refractivity contribution in [3.63, 3.8) is 0 Å². The molecule has 0 spiro atoms. The molecule has 1 aliphatic heterocycles. The summed E-state index contributed by atoms with van der Waals surface area (Å²) >= 11 is 0. The fourth-order valence-electron chi connectivity index (χ4n) is 1.64. The van der Waals surface area contributed by atoms with E-state index in [0.717, 1.165) is 18.8 Å². The van der Waals surface area contributed by atoms with Crippen LogP contribution >= 0.6 is 0 Å². The van der Waals surface area contributed by atoms with Crippen molar-refractivity contribution in [1.29, 1.82) is 0 Å². The average molecular weight is 189 g/mol. The lowest BCUT2D eigenvalue weighted by atomic mass is 10.1. The summed E-state index contributed by atoms with van der Waals surface area (Å²) in [5, 5.41) is 0. The number of fused-ring (bicyclic) bond motifs is 1. The van der Waals surface area contributed by atoms with Crippen LogP contribution in [0.25, 0.3) is 6.08 Å². The summed E-state index contributed by atoms with van der Waals surface area (Å²) < 4.78 is 5.44. The summed E-state index contributed by atoms with van der Waals surface area (Å²) in [5.41, 5.74) is 9.27. The smallest absolute Gasteiger partial charge is 0.122 e. The Balaban J connectivity index is 2.29. The first kappa shape index (κ1) is 9.28. The molecule has 14 heavy (non-hydrogen) atoms. The molecule has 0 fully saturated rings. The standard InChI is InChI=1S/C12H15NO/c1-9(8-13)6-10-2-3-12-11(7-10)4-5-14-12/h2-3,6-7H,4-5,8,13H2,1H3/b9-6-. The number of hydrogen-bond donors (Lipinski definition) is 1. The molecule has 0 bridgehead atoms. The second-order valence-corrected chi connectivity index (χ2v) is 3.66. The maximum absolute atomic E-state index is 5.54. The molecule has 0 aromatic heterocycles. The van der Waals surface area contributed by atoms with Gasteiger partial charge in [-0.15, -0.1) is 0 Å². The van der Waals surface area contributed by atoms with E-state index >= 15 is 0 Å². The first-order chi connectivity index (χ1) is 6.79. The third-order valence-electron chi connectivity index (χ3n) is 2.45. The zero-order valence-electron chi connectivity index (χ0n) is 8.42. The van der Waals surface area contributed by atoms with E-state index in [0.29, 0.717) is 6.54 Å². The van der Waals surface area contributed by atoms with Gasteiger partial charge in [0.15, 0.2) is 0 Å². The molecule has 0 radical (unpaired) electrons. The molecule has 74 valence electrons. The Kier molecular flexibility index (Phi) is 2.55. The predicted molar refractivity (Wildman–Crippen MR) is 58.3 cm³/mol. The molecule has 1 aromatic carbocycles. The van der Waals surface area contributed by atoms with Gasteiger partial charge < -0.3 is 10.5 Å². The van der Waals surface area contributed by atoms with Gasteiger partial charge in [0.25, 0.3) is 0 Å². The van der Waals surface area contributed by atoms with Crippen LogP contribution in [0.3, 0.4) is 0 Å². The van der Waals surface area contributed by atoms with Gasteiger partial charge in [0.2, 0.25) is 0 Å². The van der Waals surface area contributed by atoms with Crippen LogP contribution in [0.5, 0.6) is 5.75 Å². The van der Waals surface area contributed by atoms with Crippen LogP contribution in [0.4, 0.5) is 0 Å². The van der Waals surface area contributed by atoms with E-state index in [9.17, 15) is 0 Å². The van der Waals surface area contributed by atoms with Crippen LogP contribution in [-0.4, -0.2) is 13.2 Å². The fourth-order valence-corrected chi connectivity index (χ4v) is 1.64. The Bertz CT molecular complexity index is 369. The lowest BCUT2D eigenvalue weighted by Gasteiger charge is -2.01. The van der Waals surface area contributed by atoms with E-state index in [2.05, 4.69) is 18.2 Å². The van der Waals surface area contributed by atoms with E-state index in [1.807, 2.05) is 13.0 Å². The van der Waals surface area contributed by atoms with Gasteiger partial charge in [-0.2, -0.15) is 0 Å². The van der Waals surface area contributed by atoms with Gasteiger partial charge in [-0.05, 0) is 30.2 Å². The molecule has 0 unspecified atom stereocenters. The Morgan fingerprint density at radius 2 is 2.43 bits per heavy atom. The topological polar surface area (TPSA) is 35.2 Å². The van der Waals surface area contributed by atoms with Crippen molar-refractivity contribution in [2.24, 2.45) is 5.73 Å². The molecular weight excluding hydrogens is 174 g/mol. The van der Waals surface area contributed by atoms with E-state index in [1.54, 1.807) is 0 Å². The van der Waals surface area contributed by atoms with Crippen molar-refractivity contribution in [3.8, 4) is 5.75 Å². The number of nitrogens with two attached hydrogens (primary N) is 1. The predicted octanol–water partition coefficient (Wildman–Crippen LogP) is 1.98. The second-order valence-electron chi connectivity index (χ2n) is 3.66. The maximum Gasteiger partial charge on any atom is 0.122 e. The summed E-state index contributed by atoms with van der Waals surface area (Å²) in [7, 11) is 0. The Labute approximate surface area is 84.4 Å². The molecule has 2 nitrogen and oxygen atoms in total. The van der Waals surface area contributed by atoms with Gasteiger partial charge in [-0.25, -0.2) is 0 Å². The van der Waals surface area contributed by atoms with Crippen LogP contribution in [0, 0.1) is 0 Å². The average Bonchev–Trinajstić information content (AvgIpc) is 2.64. The van der Waals surface area contributed by atoms with Crippen LogP contribution in [0.1, 0.15) is 18.1 Å². The van der Waals surface area contributed by atoms with Crippen LogP contribution in [0.2, 0.25) is 0 Å². The highest BCUT2D eigenvalue weighted by Crippen LogP contribution is 2.26. The highest BCUT2D eigenvalue weighted by Gasteiger charge is 2.10. The van der Waals surface area contributed by atoms with Gasteiger partial charge in [-0.3, -0.25) is 0 Å². The minimum absolute atomic E-state index is 0.619. The normalized spacial score (nSPS) is 15.1. The van der Waals surface area contributed by atoms with Crippen LogP contribution in [-0.2, 0) is 6.42 Å². The molecule has 0 aliphatic carbocycles. The summed E-state index contributed by atoms with van der Waals surface area (Å²) in [5.74, 6) is 1.03. The van der Waals surface area contributed by atoms with Crippen molar-refractivity contribution >= 4 is 6.08 Å². The highest BCUT2D eigenvalue weighted by molar-refractivity contribution is 5.56. The second kappa shape index (κ2) is 3.84. The van der Waals surface area contributed by atoms with Crippen molar-refractivity contribution in [1.82, 2.24) is 0 Å². The third kappa shape index (κ3) is 1.80. The molecule has 0 atom stereocenters. The van der Waals surface area contributed by atoms with E-state index in [-0.39, 0.29) is 0 Å². The quantitative estimate of drug-likeness (QED) is 0.772. The molecule has 1 aromatic rings. The Morgan fingerprint density at radius 1 is 1.57 bits per heavy atom. The minimum Gasteiger partial charge on any atom is -0.493 e. The van der Waals surface area contributed by atoms with Gasteiger partial charge in [0, 0.05) is 13.0 Å². The molecule has 0 saturated carbocycles. The maximum atomic E-state index is 5.54. The number of rotatable bonds is 2. The molecule has 0 saturated heterocycles. The van der Waals surface area contributed by atoms with Gasteiger partial charge in [0.05, 0.1) is 6.61 Å². The molecule has 2 rings (SSSR count). The SMILES string of the molecule is C/C(=C/c1ccc2c(c1)CCO2)CN. The highest BCUT2D eigenvalue weighted by atomic mass is 16.5. The number of ether oxygens (including phenoxy) is 1. The lowest BCUT2D eigenvalue weighted by Crippen LogP contribution is -1.99. The summed E-state index contributed by atoms with van der Waals surface area (Å²) in [6, 6.07) is 6.29. The van der Waals surface area contributed by atoms with Gasteiger partial charge in [-0.1, -0.05) is 17.7 Å². The molecule has 2 heteroatoms. The first-order valence-electron chi connectivity index (χ1n) is 4.92. The molecule has 0 amide bonds. The largest absolute Gasteiger partial charge is 0.493 e. The van der Waals surface area contributed by atoms with E-state index < -0.39 is 0 Å². The lowest BCUT2D eigenvalue weighted by molar-refractivity contribution is 0.357. The Hall–Kier alpha value is -1.28. The van der Waals surface area contributed by atoms with Crippen molar-refractivity contribution in [2.45, 2.75) is 13.3 Å². The third-order valence-corrected chi connectivity index (χ3v) is 2.45. The fraction of sp³-hybridized carbons (Fsp3) is 0.333. The van der Waals surface area contributed by atoms with Crippen LogP contribution in [0.15, 0.2) is 23.8 Å². The van der Waals surface area contributed by atoms with Gasteiger partial charge >= 0.3 is 0 Å². The minimum atomic E-state index is 0.619.